The zero-order valence-electron chi connectivity index (χ0n) is 12.7. The monoisotopic (exact) mass is 328 g/mol. The van der Waals surface area contributed by atoms with E-state index in [1.165, 1.54) is 6.92 Å². The molecular weight excluding hydrogens is 313 g/mol. The van der Waals surface area contributed by atoms with E-state index in [2.05, 4.69) is 20.4 Å². The number of amides is 1. The molecule has 9 heteroatoms. The molecule has 0 aromatic carbocycles. The summed E-state index contributed by atoms with van der Waals surface area (Å²) in [4.78, 5) is 19.9. The maximum atomic E-state index is 13.0. The Morgan fingerprint density at radius 1 is 1.39 bits per heavy atom. The van der Waals surface area contributed by atoms with Gasteiger partial charge >= 0.3 is 6.18 Å². The van der Waals surface area contributed by atoms with Gasteiger partial charge in [-0.05, 0) is 13.0 Å². The fraction of sp³-hybridized carbons (Fsp3) is 0.429. The molecule has 0 aliphatic carbocycles. The summed E-state index contributed by atoms with van der Waals surface area (Å²) >= 11 is 0. The van der Waals surface area contributed by atoms with E-state index in [0.717, 1.165) is 12.3 Å². The third-order valence-electron chi connectivity index (χ3n) is 3.06. The first-order chi connectivity index (χ1) is 10.7. The van der Waals surface area contributed by atoms with Crippen LogP contribution < -0.4 is 5.32 Å². The summed E-state index contributed by atoms with van der Waals surface area (Å²) in [6.45, 7) is 4.91. The van der Waals surface area contributed by atoms with Gasteiger partial charge in [-0.3, -0.25) is 9.78 Å². The minimum atomic E-state index is -4.64. The van der Waals surface area contributed by atoms with E-state index < -0.39 is 23.2 Å². The summed E-state index contributed by atoms with van der Waals surface area (Å²) in [6.07, 6.45) is -3.62. The third kappa shape index (κ3) is 3.85. The summed E-state index contributed by atoms with van der Waals surface area (Å²) in [5.74, 6) is -0.289. The molecule has 0 spiro atoms. The molecule has 6 nitrogen and oxygen atoms in total. The van der Waals surface area contributed by atoms with Crippen LogP contribution in [-0.4, -0.2) is 21.0 Å². The second kappa shape index (κ2) is 6.35. The highest BCUT2D eigenvalue weighted by Crippen LogP contribution is 2.32. The van der Waals surface area contributed by atoms with Gasteiger partial charge in [-0.1, -0.05) is 19.0 Å². The highest BCUT2D eigenvalue weighted by molar-refractivity contribution is 5.96. The molecule has 124 valence electrons. The zero-order valence-corrected chi connectivity index (χ0v) is 12.7. The first-order valence-electron chi connectivity index (χ1n) is 6.83. The number of nitrogens with one attached hydrogen (secondary N) is 1. The lowest BCUT2D eigenvalue weighted by Crippen LogP contribution is -2.27. The van der Waals surface area contributed by atoms with Crippen molar-refractivity contribution in [3.8, 4) is 0 Å². The number of nitrogens with zero attached hydrogens (tertiary/aromatic N) is 3. The van der Waals surface area contributed by atoms with E-state index in [4.69, 9.17) is 4.52 Å². The van der Waals surface area contributed by atoms with Crippen LogP contribution in [0.1, 0.15) is 53.1 Å². The van der Waals surface area contributed by atoms with Crippen molar-refractivity contribution in [3.63, 3.8) is 0 Å². The Balaban J connectivity index is 2.18. The number of hydrogen-bond acceptors (Lipinski definition) is 5. The molecule has 0 saturated heterocycles. The molecule has 0 unspecified atom stereocenters. The van der Waals surface area contributed by atoms with E-state index in [1.807, 2.05) is 13.8 Å². The number of carbonyl (C=O) groups excluding carboxylic acids is 1. The van der Waals surface area contributed by atoms with Crippen LogP contribution in [0, 0.1) is 6.92 Å². The summed E-state index contributed by atoms with van der Waals surface area (Å²) < 4.78 is 44.0. The molecule has 2 aromatic rings. The van der Waals surface area contributed by atoms with Gasteiger partial charge in [-0.25, -0.2) is 0 Å². The molecule has 1 N–H and O–H groups in total. The number of pyridine rings is 1. The van der Waals surface area contributed by atoms with Gasteiger partial charge < -0.3 is 9.84 Å². The van der Waals surface area contributed by atoms with Crippen molar-refractivity contribution in [2.75, 3.05) is 0 Å². The second-order valence-electron chi connectivity index (χ2n) is 5.20. The van der Waals surface area contributed by atoms with Gasteiger partial charge in [0.25, 0.3) is 5.91 Å². The Morgan fingerprint density at radius 2 is 2.09 bits per heavy atom. The summed E-state index contributed by atoms with van der Waals surface area (Å²) in [5, 5.41) is 6.01. The predicted molar refractivity (Wildman–Crippen MR) is 73.5 cm³/mol. The van der Waals surface area contributed by atoms with Crippen LogP contribution in [0.2, 0.25) is 0 Å². The van der Waals surface area contributed by atoms with Crippen LogP contribution in [0.25, 0.3) is 0 Å². The first kappa shape index (κ1) is 16.9. The lowest BCUT2D eigenvalue weighted by Gasteiger charge is -2.13. The van der Waals surface area contributed by atoms with Crippen LogP contribution in [-0.2, 0) is 12.7 Å². The Kier molecular flexibility index (Phi) is 4.67. The minimum absolute atomic E-state index is 0.00620. The highest BCUT2D eigenvalue weighted by Gasteiger charge is 2.36. The van der Waals surface area contributed by atoms with Crippen molar-refractivity contribution in [2.24, 2.45) is 0 Å². The number of halogens is 3. The number of carbonyl (C=O) groups is 1. The molecule has 0 radical (unpaired) electrons. The van der Waals surface area contributed by atoms with Crippen LogP contribution in [0.5, 0.6) is 0 Å². The third-order valence-corrected chi connectivity index (χ3v) is 3.06. The largest absolute Gasteiger partial charge is 0.417 e. The average molecular weight is 328 g/mol. The molecule has 2 aromatic heterocycles. The van der Waals surface area contributed by atoms with Crippen LogP contribution in [0.3, 0.4) is 0 Å². The van der Waals surface area contributed by atoms with Crippen molar-refractivity contribution in [1.82, 2.24) is 20.4 Å². The quantitative estimate of drug-likeness (QED) is 0.933. The van der Waals surface area contributed by atoms with E-state index in [0.29, 0.717) is 5.89 Å². The van der Waals surface area contributed by atoms with E-state index in [1.54, 1.807) is 0 Å². The van der Waals surface area contributed by atoms with Gasteiger partial charge in [0.05, 0.1) is 23.4 Å². The summed E-state index contributed by atoms with van der Waals surface area (Å²) in [5.41, 5.74) is -1.54. The molecule has 0 saturated carbocycles. The summed E-state index contributed by atoms with van der Waals surface area (Å²) in [7, 11) is 0. The van der Waals surface area contributed by atoms with Crippen molar-refractivity contribution in [2.45, 2.75) is 39.4 Å². The van der Waals surface area contributed by atoms with Crippen molar-refractivity contribution >= 4 is 5.91 Å². The van der Waals surface area contributed by atoms with E-state index in [9.17, 15) is 18.0 Å². The van der Waals surface area contributed by atoms with Crippen molar-refractivity contribution < 1.29 is 22.5 Å². The van der Waals surface area contributed by atoms with E-state index >= 15 is 0 Å². The molecule has 0 aliphatic heterocycles. The molecular formula is C14H15F3N4O2. The lowest BCUT2D eigenvalue weighted by atomic mass is 10.1. The Bertz CT molecular complexity index is 710. The van der Waals surface area contributed by atoms with E-state index in [-0.39, 0.29) is 24.0 Å². The highest BCUT2D eigenvalue weighted by atomic mass is 19.4. The van der Waals surface area contributed by atoms with Gasteiger partial charge in [0.1, 0.15) is 0 Å². The van der Waals surface area contributed by atoms with Crippen LogP contribution >= 0.6 is 0 Å². The number of aryl methyl sites for hydroxylation is 1. The lowest BCUT2D eigenvalue weighted by molar-refractivity contribution is -0.138. The van der Waals surface area contributed by atoms with Crippen molar-refractivity contribution in [1.29, 1.82) is 0 Å². The number of aromatic nitrogens is 3. The zero-order chi connectivity index (χ0) is 17.2. The number of hydrogen-bond donors (Lipinski definition) is 1. The maximum Gasteiger partial charge on any atom is 0.417 e. The minimum Gasteiger partial charge on any atom is -0.345 e. The molecule has 2 rings (SSSR count). The molecule has 23 heavy (non-hydrogen) atoms. The standard InChI is InChI=1S/C14H15F3N4O2/c1-7(2)13-20-10(21-23-13)6-19-12(22)11-8(3)18-5-4-9(11)14(15,16)17/h4-5,7H,6H2,1-3H3,(H,19,22). The van der Waals surface area contributed by atoms with Gasteiger partial charge in [-0.15, -0.1) is 0 Å². The molecule has 0 aliphatic rings. The molecule has 2 heterocycles. The van der Waals surface area contributed by atoms with Gasteiger partial charge in [0.2, 0.25) is 5.89 Å². The SMILES string of the molecule is Cc1nccc(C(F)(F)F)c1C(=O)NCc1noc(C(C)C)n1. The van der Waals surface area contributed by atoms with Crippen LogP contribution in [0.15, 0.2) is 16.8 Å². The fourth-order valence-electron chi connectivity index (χ4n) is 1.91. The van der Waals surface area contributed by atoms with Crippen molar-refractivity contribution in [3.05, 3.63) is 40.8 Å². The molecule has 0 bridgehead atoms. The normalized spacial score (nSPS) is 11.8. The second-order valence-corrected chi connectivity index (χ2v) is 5.20. The molecule has 0 fully saturated rings. The topological polar surface area (TPSA) is 80.9 Å². The average Bonchev–Trinajstić information content (AvgIpc) is 2.92. The maximum absolute atomic E-state index is 13.0. The Morgan fingerprint density at radius 3 is 2.65 bits per heavy atom. The fourth-order valence-corrected chi connectivity index (χ4v) is 1.91. The Hall–Kier alpha value is -2.45. The van der Waals surface area contributed by atoms with Crippen LogP contribution in [0.4, 0.5) is 13.2 Å². The Labute approximate surface area is 130 Å². The first-order valence-corrected chi connectivity index (χ1v) is 6.83. The number of alkyl halides is 3. The number of rotatable bonds is 4. The summed E-state index contributed by atoms with van der Waals surface area (Å²) in [6, 6.07) is 0.771. The molecule has 1 amide bonds. The van der Waals surface area contributed by atoms with Gasteiger partial charge in [-0.2, -0.15) is 18.2 Å². The predicted octanol–water partition coefficient (Wildman–Crippen LogP) is 2.85. The van der Waals surface area contributed by atoms with Gasteiger partial charge in [0.15, 0.2) is 5.82 Å². The molecule has 0 atom stereocenters. The smallest absolute Gasteiger partial charge is 0.345 e. The van der Waals surface area contributed by atoms with Gasteiger partial charge in [0, 0.05) is 12.1 Å².